The fourth-order valence-electron chi connectivity index (χ4n) is 2.15. The highest BCUT2D eigenvalue weighted by Gasteiger charge is 2.40. The minimum absolute atomic E-state index is 0.0204. The van der Waals surface area contributed by atoms with E-state index >= 15 is 0 Å². The van der Waals surface area contributed by atoms with Crippen molar-refractivity contribution in [1.82, 2.24) is 4.90 Å². The molecule has 1 heterocycles. The van der Waals surface area contributed by atoms with Crippen molar-refractivity contribution in [2.75, 3.05) is 7.05 Å². The van der Waals surface area contributed by atoms with Crippen LogP contribution in [0.3, 0.4) is 0 Å². The molecule has 0 fully saturated rings. The zero-order valence-corrected chi connectivity index (χ0v) is 10.8. The summed E-state index contributed by atoms with van der Waals surface area (Å²) in [4.78, 5) is 13.1. The molecule has 1 amide bonds. The SMILES string of the molecule is CN1Cc2c(cc(C(C)(C)O)cc2C(F)(F)F)C1=O. The molecule has 2 rings (SSSR count). The minimum atomic E-state index is -4.54. The van der Waals surface area contributed by atoms with Crippen LogP contribution in [0.1, 0.15) is 40.9 Å². The summed E-state index contributed by atoms with van der Waals surface area (Å²) in [6, 6.07) is 2.27. The highest BCUT2D eigenvalue weighted by atomic mass is 19.4. The van der Waals surface area contributed by atoms with Gasteiger partial charge in [0.1, 0.15) is 0 Å². The maximum Gasteiger partial charge on any atom is 0.416 e. The first-order chi connectivity index (χ1) is 8.51. The average molecular weight is 273 g/mol. The first kappa shape index (κ1) is 13.9. The molecule has 1 aliphatic heterocycles. The summed E-state index contributed by atoms with van der Waals surface area (Å²) in [6.45, 7) is 2.71. The quantitative estimate of drug-likeness (QED) is 0.854. The lowest BCUT2D eigenvalue weighted by molar-refractivity contribution is -0.138. The number of aliphatic hydroxyl groups is 1. The highest BCUT2D eigenvalue weighted by molar-refractivity contribution is 5.98. The van der Waals surface area contributed by atoms with Crippen LogP contribution in [0.5, 0.6) is 0 Å². The number of fused-ring (bicyclic) bond motifs is 1. The van der Waals surface area contributed by atoms with Gasteiger partial charge in [0.15, 0.2) is 0 Å². The van der Waals surface area contributed by atoms with Crippen molar-refractivity contribution in [2.24, 2.45) is 0 Å². The van der Waals surface area contributed by atoms with Gasteiger partial charge in [-0.3, -0.25) is 4.79 Å². The molecule has 0 saturated heterocycles. The first-order valence-corrected chi connectivity index (χ1v) is 5.74. The highest BCUT2D eigenvalue weighted by Crippen LogP contribution is 2.39. The van der Waals surface area contributed by atoms with Crippen LogP contribution < -0.4 is 0 Å². The third kappa shape index (κ3) is 2.32. The van der Waals surface area contributed by atoms with Gasteiger partial charge in [0.25, 0.3) is 5.91 Å². The number of hydrogen-bond acceptors (Lipinski definition) is 2. The third-order valence-electron chi connectivity index (χ3n) is 3.23. The Morgan fingerprint density at radius 3 is 2.32 bits per heavy atom. The molecule has 1 aliphatic rings. The van der Waals surface area contributed by atoms with E-state index < -0.39 is 23.2 Å². The summed E-state index contributed by atoms with van der Waals surface area (Å²) >= 11 is 0. The van der Waals surface area contributed by atoms with Gasteiger partial charge in [-0.15, -0.1) is 0 Å². The molecule has 1 aromatic rings. The van der Waals surface area contributed by atoms with Gasteiger partial charge >= 0.3 is 6.18 Å². The maximum atomic E-state index is 13.1. The van der Waals surface area contributed by atoms with Crippen LogP contribution in [-0.4, -0.2) is 23.0 Å². The van der Waals surface area contributed by atoms with Gasteiger partial charge in [-0.2, -0.15) is 13.2 Å². The minimum Gasteiger partial charge on any atom is -0.386 e. The lowest BCUT2D eigenvalue weighted by atomic mass is 9.91. The Morgan fingerprint density at radius 1 is 1.26 bits per heavy atom. The van der Waals surface area contributed by atoms with Crippen molar-refractivity contribution >= 4 is 5.91 Å². The van der Waals surface area contributed by atoms with E-state index in [4.69, 9.17) is 0 Å². The lowest BCUT2D eigenvalue weighted by Crippen LogP contribution is -2.19. The number of carbonyl (C=O) groups is 1. The monoisotopic (exact) mass is 273 g/mol. The molecule has 0 spiro atoms. The van der Waals surface area contributed by atoms with Crippen LogP contribution in [-0.2, 0) is 18.3 Å². The Kier molecular flexibility index (Phi) is 2.89. The predicted octanol–water partition coefficient (Wildman–Crippen LogP) is 2.52. The average Bonchev–Trinajstić information content (AvgIpc) is 2.51. The largest absolute Gasteiger partial charge is 0.416 e. The first-order valence-electron chi connectivity index (χ1n) is 5.74. The Morgan fingerprint density at radius 2 is 1.84 bits per heavy atom. The van der Waals surface area contributed by atoms with E-state index in [0.717, 1.165) is 6.07 Å². The van der Waals surface area contributed by atoms with Crippen molar-refractivity contribution in [1.29, 1.82) is 0 Å². The van der Waals surface area contributed by atoms with Crippen LogP contribution in [0.4, 0.5) is 13.2 Å². The van der Waals surface area contributed by atoms with Crippen LogP contribution >= 0.6 is 0 Å². The summed E-state index contributed by atoms with van der Waals surface area (Å²) in [5.74, 6) is -0.452. The summed E-state index contributed by atoms with van der Waals surface area (Å²) in [5, 5.41) is 9.87. The van der Waals surface area contributed by atoms with Gasteiger partial charge in [0, 0.05) is 19.2 Å². The summed E-state index contributed by atoms with van der Waals surface area (Å²) in [7, 11) is 1.45. The van der Waals surface area contributed by atoms with Gasteiger partial charge < -0.3 is 10.0 Å². The van der Waals surface area contributed by atoms with Gasteiger partial charge in [-0.25, -0.2) is 0 Å². The number of alkyl halides is 3. The fraction of sp³-hybridized carbons (Fsp3) is 0.462. The normalized spacial score (nSPS) is 15.9. The van der Waals surface area contributed by atoms with Gasteiger partial charge in [0.05, 0.1) is 11.2 Å². The Labute approximate surface area is 108 Å². The van der Waals surface area contributed by atoms with E-state index in [9.17, 15) is 23.1 Å². The molecule has 1 N–H and O–H groups in total. The van der Waals surface area contributed by atoms with Crippen LogP contribution in [0, 0.1) is 0 Å². The Balaban J connectivity index is 2.72. The molecule has 6 heteroatoms. The topological polar surface area (TPSA) is 40.5 Å². The molecule has 1 aromatic carbocycles. The predicted molar refractivity (Wildman–Crippen MR) is 62.5 cm³/mol. The van der Waals surface area contributed by atoms with Crippen LogP contribution in [0.25, 0.3) is 0 Å². The molecule has 104 valence electrons. The molecule has 19 heavy (non-hydrogen) atoms. The third-order valence-corrected chi connectivity index (χ3v) is 3.23. The van der Waals surface area contributed by atoms with Crippen molar-refractivity contribution in [3.63, 3.8) is 0 Å². The standard InChI is InChI=1S/C13H14F3NO2/c1-12(2,19)7-4-8-9(6-17(3)11(8)18)10(5-7)13(14,15)16/h4-5,19H,6H2,1-3H3. The number of nitrogens with zero attached hydrogens (tertiary/aromatic N) is 1. The lowest BCUT2D eigenvalue weighted by Gasteiger charge is -2.21. The molecule has 0 unspecified atom stereocenters. The maximum absolute atomic E-state index is 13.1. The second-order valence-electron chi connectivity index (χ2n) is 5.27. The van der Waals surface area contributed by atoms with E-state index in [1.165, 1.54) is 31.9 Å². The van der Waals surface area contributed by atoms with Crippen molar-refractivity contribution in [3.05, 3.63) is 34.4 Å². The molecule has 0 saturated carbocycles. The number of rotatable bonds is 1. The number of benzene rings is 1. The molecular formula is C13H14F3NO2. The molecule has 0 bridgehead atoms. The van der Waals surface area contributed by atoms with E-state index in [2.05, 4.69) is 0 Å². The van der Waals surface area contributed by atoms with E-state index in [1.54, 1.807) is 0 Å². The van der Waals surface area contributed by atoms with Crippen LogP contribution in [0.15, 0.2) is 12.1 Å². The molecular weight excluding hydrogens is 259 g/mol. The van der Waals surface area contributed by atoms with Crippen molar-refractivity contribution in [3.8, 4) is 0 Å². The molecule has 0 aliphatic carbocycles. The summed E-state index contributed by atoms with van der Waals surface area (Å²) in [6.07, 6.45) is -4.54. The number of amides is 1. The van der Waals surface area contributed by atoms with Gasteiger partial charge in [-0.05, 0) is 37.1 Å². The number of hydrogen-bond donors (Lipinski definition) is 1. The molecule has 0 radical (unpaired) electrons. The number of halogens is 3. The Hall–Kier alpha value is -1.56. The molecule has 0 aromatic heterocycles. The molecule has 3 nitrogen and oxygen atoms in total. The Bertz CT molecular complexity index is 544. The van der Waals surface area contributed by atoms with E-state index in [1.807, 2.05) is 0 Å². The van der Waals surface area contributed by atoms with E-state index in [0.29, 0.717) is 0 Å². The zero-order valence-electron chi connectivity index (χ0n) is 10.8. The van der Waals surface area contributed by atoms with Gasteiger partial charge in [-0.1, -0.05) is 0 Å². The second-order valence-corrected chi connectivity index (χ2v) is 5.27. The fourth-order valence-corrected chi connectivity index (χ4v) is 2.15. The van der Waals surface area contributed by atoms with Crippen molar-refractivity contribution in [2.45, 2.75) is 32.2 Å². The van der Waals surface area contributed by atoms with Crippen LogP contribution in [0.2, 0.25) is 0 Å². The molecule has 0 atom stereocenters. The van der Waals surface area contributed by atoms with Crippen molar-refractivity contribution < 1.29 is 23.1 Å². The second kappa shape index (κ2) is 3.96. The zero-order chi connectivity index (χ0) is 14.6. The van der Waals surface area contributed by atoms with E-state index in [-0.39, 0.29) is 23.2 Å². The number of carbonyl (C=O) groups excluding carboxylic acids is 1. The summed E-state index contributed by atoms with van der Waals surface area (Å²) in [5.41, 5.74) is -2.19. The smallest absolute Gasteiger partial charge is 0.386 e. The van der Waals surface area contributed by atoms with Gasteiger partial charge in [0.2, 0.25) is 0 Å². The summed E-state index contributed by atoms with van der Waals surface area (Å²) < 4.78 is 39.2.